The maximum Gasteiger partial charge on any atom is 4.00 e. The van der Waals surface area contributed by atoms with Crippen molar-refractivity contribution in [3.05, 3.63) is 0 Å². The van der Waals surface area contributed by atoms with Crippen LogP contribution >= 0.6 is 0 Å². The first-order valence-electron chi connectivity index (χ1n) is 0.123. The van der Waals surface area contributed by atoms with Gasteiger partial charge in [-0.25, -0.2) is 0 Å². The van der Waals surface area contributed by atoms with E-state index in [2.05, 4.69) is 15.9 Å². The SMILES string of the molecule is [O-2].[O-2].[O-2].[O]=[Cu].[Ti+4].[Zn+2]. The average Bonchev–Trinajstić information content (AvgIpc) is 1.00. The van der Waals surface area contributed by atoms with Gasteiger partial charge in [-0.15, -0.1) is 0 Å². The van der Waals surface area contributed by atoms with Gasteiger partial charge in [-0.1, -0.05) is 0 Å². The Morgan fingerprint density at radius 1 is 0.857 bits per heavy atom. The summed E-state index contributed by atoms with van der Waals surface area (Å²) in [7, 11) is 0. The van der Waals surface area contributed by atoms with Crippen LogP contribution in [0.5, 0.6) is 0 Å². The molecule has 4 nitrogen and oxygen atoms in total. The molecule has 0 spiro atoms. The van der Waals surface area contributed by atoms with Crippen LogP contribution in [0.15, 0.2) is 0 Å². The fourth-order valence-corrected chi connectivity index (χ4v) is 0. The van der Waals surface area contributed by atoms with Gasteiger partial charge in [0.05, 0.1) is 0 Å². The second kappa shape index (κ2) is 136. The first kappa shape index (κ1) is 75.3. The summed E-state index contributed by atoms with van der Waals surface area (Å²) >= 11 is 2.94. The van der Waals surface area contributed by atoms with Crippen molar-refractivity contribution in [2.75, 3.05) is 0 Å². The molecule has 7 heteroatoms. The van der Waals surface area contributed by atoms with Crippen LogP contribution < -0.4 is 0 Å². The van der Waals surface area contributed by atoms with E-state index in [1.807, 2.05) is 0 Å². The minimum Gasteiger partial charge on any atom is 2.00 e. The van der Waals surface area contributed by atoms with Crippen LogP contribution in [0.1, 0.15) is 0 Å². The van der Waals surface area contributed by atoms with E-state index in [0.717, 1.165) is 0 Å². The summed E-state index contributed by atoms with van der Waals surface area (Å²) < 4.78 is 7.81. The predicted octanol–water partition coefficient (Wildman–Crippen LogP) is -0.483. The van der Waals surface area contributed by atoms with Gasteiger partial charge < -0.3 is 16.4 Å². The topological polar surface area (TPSA) is 103 Å². The van der Waals surface area contributed by atoms with Crippen LogP contribution in [-0.2, 0) is 77.4 Å². The molecule has 0 aromatic rings. The fourth-order valence-electron chi connectivity index (χ4n) is 0. The van der Waals surface area contributed by atoms with Gasteiger partial charge in [-0.05, 0) is 0 Å². The fraction of sp³-hybridized carbons (Fsp3) is 0. The molecular weight excluding hydrogens is 241 g/mol. The van der Waals surface area contributed by atoms with Crippen molar-refractivity contribution in [2.45, 2.75) is 0 Å². The third-order valence-corrected chi connectivity index (χ3v) is 0. The molecule has 0 aromatic carbocycles. The summed E-state index contributed by atoms with van der Waals surface area (Å²) in [5.41, 5.74) is 0. The molecular formula is CuO4TiZn. The van der Waals surface area contributed by atoms with Crippen LogP contribution in [0.4, 0.5) is 0 Å². The summed E-state index contributed by atoms with van der Waals surface area (Å²) in [6.45, 7) is 0. The second-order valence-electron chi connectivity index (χ2n) is 0. The van der Waals surface area contributed by atoms with E-state index in [1.54, 1.807) is 0 Å². The largest absolute Gasteiger partial charge is 4.00 e. The minimum atomic E-state index is 0. The minimum absolute atomic E-state index is 0. The molecule has 0 aliphatic heterocycles. The van der Waals surface area contributed by atoms with Gasteiger partial charge in [0.25, 0.3) is 0 Å². The van der Waals surface area contributed by atoms with E-state index >= 15 is 0 Å². The number of hydrogen-bond acceptors (Lipinski definition) is 1. The third kappa shape index (κ3) is 97.8. The standard InChI is InChI=1S/Cu.4O.Ti.Zn/q;;3*-2;+4;+2. The van der Waals surface area contributed by atoms with Gasteiger partial charge in [0.1, 0.15) is 0 Å². The Labute approximate surface area is 77.0 Å². The average molecular weight is 241 g/mol. The van der Waals surface area contributed by atoms with Crippen LogP contribution in [0.2, 0.25) is 0 Å². The van der Waals surface area contributed by atoms with Crippen LogP contribution in [0.25, 0.3) is 0 Å². The van der Waals surface area contributed by atoms with Crippen LogP contribution in [0.3, 0.4) is 0 Å². The van der Waals surface area contributed by atoms with Crippen molar-refractivity contribution >= 4 is 0 Å². The van der Waals surface area contributed by atoms with Gasteiger partial charge in [0, 0.05) is 0 Å². The molecule has 0 N–H and O–H groups in total. The molecule has 0 heterocycles. The molecule has 41 valence electrons. The Bertz CT molecular complexity index is 11.7. The summed E-state index contributed by atoms with van der Waals surface area (Å²) in [6, 6.07) is 0. The maximum absolute atomic E-state index is 7.81. The van der Waals surface area contributed by atoms with Gasteiger partial charge in [-0.2, -0.15) is 0 Å². The molecule has 0 aliphatic rings. The van der Waals surface area contributed by atoms with Crippen molar-refractivity contribution in [1.82, 2.24) is 0 Å². The predicted molar refractivity (Wildman–Crippen MR) is 2.75 cm³/mol. The molecule has 0 saturated heterocycles. The molecule has 0 fully saturated rings. The Hall–Kier alpha value is 1.54. The second-order valence-corrected chi connectivity index (χ2v) is 0. The van der Waals surface area contributed by atoms with Crippen molar-refractivity contribution in [1.29, 1.82) is 0 Å². The molecule has 0 aromatic heterocycles. The molecule has 0 unspecified atom stereocenters. The van der Waals surface area contributed by atoms with Gasteiger partial charge in [0.2, 0.25) is 0 Å². The molecule has 0 bridgehead atoms. The first-order chi connectivity index (χ1) is 1.00. The quantitative estimate of drug-likeness (QED) is 0.525. The van der Waals surface area contributed by atoms with Crippen molar-refractivity contribution in [3.63, 3.8) is 0 Å². The van der Waals surface area contributed by atoms with E-state index in [1.165, 1.54) is 0 Å². The van der Waals surface area contributed by atoms with Crippen molar-refractivity contribution in [2.24, 2.45) is 0 Å². The summed E-state index contributed by atoms with van der Waals surface area (Å²) in [5.74, 6) is 0. The zero-order valence-corrected chi connectivity index (χ0v) is 8.61. The summed E-state index contributed by atoms with van der Waals surface area (Å²) in [5, 5.41) is 0. The first-order valence-corrected chi connectivity index (χ1v) is 0.508. The van der Waals surface area contributed by atoms with Crippen LogP contribution in [0, 0.1) is 0 Å². The Morgan fingerprint density at radius 3 is 0.857 bits per heavy atom. The maximum atomic E-state index is 7.81. The number of rotatable bonds is 0. The van der Waals surface area contributed by atoms with E-state index < -0.39 is 0 Å². The smallest absolute Gasteiger partial charge is 2.00 e. The van der Waals surface area contributed by atoms with E-state index in [4.69, 9.17) is 3.83 Å². The van der Waals surface area contributed by atoms with E-state index in [0.29, 0.717) is 0 Å². The summed E-state index contributed by atoms with van der Waals surface area (Å²) in [6.07, 6.45) is 0. The third-order valence-electron chi connectivity index (χ3n) is 0. The number of hydrogen-bond donors (Lipinski definition) is 0. The molecule has 0 atom stereocenters. The molecule has 0 saturated carbocycles. The van der Waals surface area contributed by atoms with Gasteiger partial charge in [-0.3, -0.25) is 0 Å². The van der Waals surface area contributed by atoms with Crippen molar-refractivity contribution in [3.8, 4) is 0 Å². The van der Waals surface area contributed by atoms with E-state index in [-0.39, 0.29) is 57.6 Å². The van der Waals surface area contributed by atoms with Crippen LogP contribution in [-0.4, -0.2) is 0 Å². The van der Waals surface area contributed by atoms with E-state index in [9.17, 15) is 0 Å². The Kier molecular flexibility index (Phi) is 1470. The molecule has 0 rings (SSSR count). The molecule has 7 heavy (non-hydrogen) atoms. The molecule has 0 amide bonds. The Morgan fingerprint density at radius 2 is 0.857 bits per heavy atom. The Balaban J connectivity index is -0.000000000500. The molecule has 0 aliphatic carbocycles. The summed E-state index contributed by atoms with van der Waals surface area (Å²) in [4.78, 5) is 0. The monoisotopic (exact) mass is 239 g/mol. The molecule has 0 radical (unpaired) electrons. The zero-order chi connectivity index (χ0) is 2.00. The van der Waals surface area contributed by atoms with Gasteiger partial charge >= 0.3 is 61.0 Å². The normalized spacial score (nSPS) is 0.857. The zero-order valence-electron chi connectivity index (χ0n) is 3.14. The van der Waals surface area contributed by atoms with Crippen molar-refractivity contribution < 1.29 is 77.4 Å². The van der Waals surface area contributed by atoms with Gasteiger partial charge in [0.15, 0.2) is 0 Å².